The Bertz CT molecular complexity index is 1210. The minimum Gasteiger partial charge on any atom is -0.454 e. The number of rotatable bonds is 7. The van der Waals surface area contributed by atoms with Gasteiger partial charge in [0, 0.05) is 24.8 Å². The van der Waals surface area contributed by atoms with Gasteiger partial charge in [0.15, 0.2) is 11.5 Å². The largest absolute Gasteiger partial charge is 0.454 e. The van der Waals surface area contributed by atoms with Crippen LogP contribution in [0.25, 0.3) is 11.1 Å². The first-order chi connectivity index (χ1) is 16.9. The van der Waals surface area contributed by atoms with Crippen LogP contribution in [0.3, 0.4) is 0 Å². The third-order valence-electron chi connectivity index (χ3n) is 6.33. The molecule has 1 fully saturated rings. The molecule has 0 radical (unpaired) electrons. The van der Waals surface area contributed by atoms with Gasteiger partial charge in [0.05, 0.1) is 5.41 Å². The molecule has 5 rings (SSSR count). The molecule has 37 heavy (non-hydrogen) atoms. The smallest absolute Gasteiger partial charge is 0.231 e. The van der Waals surface area contributed by atoms with Crippen molar-refractivity contribution in [2.75, 3.05) is 13.3 Å². The number of ether oxygens (including phenoxy) is 2. The lowest BCUT2D eigenvalue weighted by Crippen LogP contribution is -2.22. The average molecular weight is 526 g/mol. The van der Waals surface area contributed by atoms with E-state index in [4.69, 9.17) is 9.47 Å². The van der Waals surface area contributed by atoms with E-state index in [0.717, 1.165) is 64.5 Å². The summed E-state index contributed by atoms with van der Waals surface area (Å²) in [5, 5.41) is 2.66. The molecule has 0 unspecified atom stereocenters. The van der Waals surface area contributed by atoms with Gasteiger partial charge in [-0.1, -0.05) is 49.4 Å². The van der Waals surface area contributed by atoms with Gasteiger partial charge >= 0.3 is 0 Å². The Morgan fingerprint density at radius 3 is 2.24 bits per heavy atom. The second kappa shape index (κ2) is 13.3. The van der Waals surface area contributed by atoms with Crippen LogP contribution in [0.4, 0.5) is 0 Å². The Balaban J connectivity index is 0.000000476. The molecule has 2 aliphatic rings. The monoisotopic (exact) mass is 525 g/mol. The van der Waals surface area contributed by atoms with Gasteiger partial charge in [-0.2, -0.15) is 0 Å². The first-order valence-corrected chi connectivity index (χ1v) is 12.4. The Morgan fingerprint density at radius 1 is 0.919 bits per heavy atom. The molecule has 1 saturated carbocycles. The van der Waals surface area contributed by atoms with E-state index in [1.54, 1.807) is 0 Å². The predicted octanol–water partition coefficient (Wildman–Crippen LogP) is 4.10. The third-order valence-corrected chi connectivity index (χ3v) is 6.62. The van der Waals surface area contributed by atoms with Gasteiger partial charge < -0.3 is 25.7 Å². The highest BCUT2D eigenvalue weighted by molar-refractivity contribution is 7.80. The van der Waals surface area contributed by atoms with Crippen LogP contribution in [0.1, 0.15) is 44.2 Å². The summed E-state index contributed by atoms with van der Waals surface area (Å²) in [5.41, 5.74) is 3.97. The van der Waals surface area contributed by atoms with Crippen molar-refractivity contribution >= 4 is 24.3 Å². The van der Waals surface area contributed by atoms with Crippen LogP contribution in [0, 0.1) is 0 Å². The summed E-state index contributed by atoms with van der Waals surface area (Å²) >= 11 is 4.35. The molecule has 3 aromatic rings. The quantitative estimate of drug-likeness (QED) is 0.450. The van der Waals surface area contributed by atoms with E-state index in [1.807, 2.05) is 49.4 Å². The van der Waals surface area contributed by atoms with Crippen LogP contribution < -0.4 is 14.8 Å². The van der Waals surface area contributed by atoms with E-state index in [2.05, 4.69) is 42.2 Å². The van der Waals surface area contributed by atoms with Crippen molar-refractivity contribution in [1.29, 1.82) is 0 Å². The summed E-state index contributed by atoms with van der Waals surface area (Å²) in [6.45, 7) is 4.60. The molecule has 0 spiro atoms. The summed E-state index contributed by atoms with van der Waals surface area (Å²) in [4.78, 5) is 24.2. The fourth-order valence-corrected chi connectivity index (χ4v) is 4.37. The van der Waals surface area contributed by atoms with Crippen LogP contribution in [-0.4, -0.2) is 36.0 Å². The van der Waals surface area contributed by atoms with Crippen LogP contribution in [0.5, 0.6) is 11.5 Å². The minimum absolute atomic E-state index is 0. The van der Waals surface area contributed by atoms with E-state index in [0.29, 0.717) is 6.42 Å². The van der Waals surface area contributed by atoms with Crippen molar-refractivity contribution in [3.8, 4) is 22.6 Å². The normalized spacial score (nSPS) is 13.7. The van der Waals surface area contributed by atoms with Gasteiger partial charge in [-0.15, -0.1) is 12.6 Å². The first-order valence-electron chi connectivity index (χ1n) is 12.0. The van der Waals surface area contributed by atoms with Gasteiger partial charge in [0.25, 0.3) is 0 Å². The average Bonchev–Trinajstić information content (AvgIpc) is 3.54. The second-order valence-electron chi connectivity index (χ2n) is 8.98. The fraction of sp³-hybridized carbons (Fsp3) is 0.310. The molecule has 198 valence electrons. The van der Waals surface area contributed by atoms with E-state index in [-0.39, 0.29) is 34.9 Å². The summed E-state index contributed by atoms with van der Waals surface area (Å²) < 4.78 is 10.9. The van der Waals surface area contributed by atoms with Crippen molar-refractivity contribution in [2.24, 2.45) is 0 Å². The highest BCUT2D eigenvalue weighted by Gasteiger charge is 2.50. The van der Waals surface area contributed by atoms with Gasteiger partial charge in [-0.3, -0.25) is 9.59 Å². The lowest BCUT2D eigenvalue weighted by molar-refractivity contribution is -0.121. The number of Topliss-reactive ketones (excluding diaryl/α,β-unsaturated/α-hetero) is 1. The molecule has 1 aliphatic carbocycles. The second-order valence-corrected chi connectivity index (χ2v) is 9.50. The zero-order chi connectivity index (χ0) is 24.8. The molecule has 3 aromatic carbocycles. The SMILES string of the molecule is CCCNC(C)=O.O.O.O=C(Cc1cccc(-c2ccc(S)cc2)c1)C1(c2ccc3c(c2)OCO3)CC1. The zero-order valence-electron chi connectivity index (χ0n) is 21.2. The van der Waals surface area contributed by atoms with Crippen molar-refractivity contribution in [1.82, 2.24) is 5.32 Å². The highest BCUT2D eigenvalue weighted by atomic mass is 32.1. The molecular formula is C29H35NO6S. The van der Waals surface area contributed by atoms with Gasteiger partial charge in [-0.25, -0.2) is 0 Å². The van der Waals surface area contributed by atoms with Crippen LogP contribution in [0.2, 0.25) is 0 Å². The zero-order valence-corrected chi connectivity index (χ0v) is 22.1. The van der Waals surface area contributed by atoms with Crippen LogP contribution in [-0.2, 0) is 21.4 Å². The van der Waals surface area contributed by atoms with Gasteiger partial charge in [0.1, 0.15) is 5.78 Å². The topological polar surface area (TPSA) is 128 Å². The van der Waals surface area contributed by atoms with Crippen LogP contribution >= 0.6 is 12.6 Å². The standard InChI is InChI=1S/C24H20O3S.C5H11NO.2H2O/c25-23(24(10-11-24)19-6-9-21-22(14-19)27-15-26-21)13-16-2-1-3-18(12-16)17-4-7-20(28)8-5-17;1-3-4-6-5(2)7;;/h1-9,12,14,28H,10-11,13,15H2;3-4H2,1-2H3,(H,6,7);2*1H2. The Kier molecular flexibility index (Phi) is 10.7. The van der Waals surface area contributed by atoms with Crippen molar-refractivity contribution < 1.29 is 30.0 Å². The number of nitrogens with one attached hydrogen (secondary N) is 1. The highest BCUT2D eigenvalue weighted by Crippen LogP contribution is 2.51. The number of carbonyl (C=O) groups is 2. The number of thiol groups is 1. The molecule has 1 aliphatic heterocycles. The summed E-state index contributed by atoms with van der Waals surface area (Å²) in [6.07, 6.45) is 3.25. The molecule has 0 aromatic heterocycles. The first kappa shape index (κ1) is 29.9. The van der Waals surface area contributed by atoms with Crippen LogP contribution in [0.15, 0.2) is 71.6 Å². The number of fused-ring (bicyclic) bond motifs is 1. The molecule has 0 bridgehead atoms. The van der Waals surface area contributed by atoms with Gasteiger partial charge in [0.2, 0.25) is 12.7 Å². The third kappa shape index (κ3) is 7.35. The maximum absolute atomic E-state index is 13.2. The molecule has 0 saturated heterocycles. The predicted molar refractivity (Wildman–Crippen MR) is 148 cm³/mol. The fourth-order valence-electron chi connectivity index (χ4n) is 4.22. The van der Waals surface area contributed by atoms with E-state index in [9.17, 15) is 9.59 Å². The molecule has 1 amide bonds. The van der Waals surface area contributed by atoms with E-state index >= 15 is 0 Å². The molecular weight excluding hydrogens is 490 g/mol. The maximum atomic E-state index is 13.2. The molecule has 5 N–H and O–H groups in total. The molecule has 1 heterocycles. The number of hydrogen-bond donors (Lipinski definition) is 2. The lowest BCUT2D eigenvalue weighted by atomic mass is 9.87. The number of carbonyl (C=O) groups excluding carboxylic acids is 2. The van der Waals surface area contributed by atoms with Gasteiger partial charge in [-0.05, 0) is 65.8 Å². The number of hydrogen-bond acceptors (Lipinski definition) is 5. The summed E-state index contributed by atoms with van der Waals surface area (Å²) in [6, 6.07) is 22.2. The molecule has 7 nitrogen and oxygen atoms in total. The maximum Gasteiger partial charge on any atom is 0.231 e. The van der Waals surface area contributed by atoms with E-state index < -0.39 is 0 Å². The van der Waals surface area contributed by atoms with E-state index in [1.165, 1.54) is 6.92 Å². The van der Waals surface area contributed by atoms with Crippen molar-refractivity contribution in [3.63, 3.8) is 0 Å². The van der Waals surface area contributed by atoms with Crippen molar-refractivity contribution in [3.05, 3.63) is 77.9 Å². The lowest BCUT2D eigenvalue weighted by Gasteiger charge is -2.15. The Labute approximate surface area is 223 Å². The summed E-state index contributed by atoms with van der Waals surface area (Å²) in [7, 11) is 0. The number of benzene rings is 3. The van der Waals surface area contributed by atoms with Crippen molar-refractivity contribution in [2.45, 2.75) is 49.8 Å². The number of ketones is 1. The minimum atomic E-state index is -0.370. The molecule has 8 heteroatoms. The number of amides is 1. The molecule has 0 atom stereocenters. The summed E-state index contributed by atoms with van der Waals surface area (Å²) in [5.74, 6) is 1.83. The Morgan fingerprint density at radius 2 is 1.62 bits per heavy atom. The Hall–Kier alpha value is -3.33.